The van der Waals surface area contributed by atoms with Crippen LogP contribution in [0.3, 0.4) is 0 Å². The lowest BCUT2D eigenvalue weighted by Gasteiger charge is -2.19. The first-order valence-corrected chi connectivity index (χ1v) is 7.65. The third-order valence-electron chi connectivity index (χ3n) is 3.67. The Morgan fingerprint density at radius 2 is 1.86 bits per heavy atom. The largest absolute Gasteiger partial charge is 0.459 e. The number of fused-ring (bicyclic) bond motifs is 1. The Balaban J connectivity index is 2.18. The van der Waals surface area contributed by atoms with Gasteiger partial charge in [-0.2, -0.15) is 0 Å². The van der Waals surface area contributed by atoms with Crippen LogP contribution < -0.4 is 5.32 Å². The molecule has 0 aliphatic carbocycles. The molecule has 116 valence electrons. The van der Waals surface area contributed by atoms with Gasteiger partial charge in [0.1, 0.15) is 11.3 Å². The van der Waals surface area contributed by atoms with Crippen molar-refractivity contribution in [2.24, 2.45) is 0 Å². The van der Waals surface area contributed by atoms with E-state index in [4.69, 9.17) is 4.42 Å². The molecule has 1 aromatic carbocycles. The zero-order chi connectivity index (χ0) is 15.2. The van der Waals surface area contributed by atoms with Crippen LogP contribution in [0, 0.1) is 0 Å². The molecule has 0 fully saturated rings. The van der Waals surface area contributed by atoms with Crippen LogP contribution in [0.4, 0.5) is 0 Å². The number of nitrogens with one attached hydrogen (secondary N) is 1. The van der Waals surface area contributed by atoms with Crippen molar-refractivity contribution in [1.29, 1.82) is 0 Å². The van der Waals surface area contributed by atoms with Crippen LogP contribution in [0.5, 0.6) is 0 Å². The quantitative estimate of drug-likeness (QED) is 0.809. The lowest BCUT2D eigenvalue weighted by molar-refractivity contribution is 0.275. The smallest absolute Gasteiger partial charge is 0.134 e. The van der Waals surface area contributed by atoms with Gasteiger partial charge in [0.15, 0.2) is 0 Å². The molecule has 1 N–H and O–H groups in total. The monoisotopic (exact) mass is 289 g/mol. The first-order valence-electron chi connectivity index (χ1n) is 7.65. The van der Waals surface area contributed by atoms with E-state index < -0.39 is 0 Å². The molecule has 0 aliphatic rings. The molecule has 1 aromatic heterocycles. The second-order valence-electron chi connectivity index (χ2n) is 5.82. The minimum Gasteiger partial charge on any atom is -0.459 e. The van der Waals surface area contributed by atoms with Crippen molar-refractivity contribution in [2.45, 2.75) is 20.0 Å². The molecule has 0 saturated carbocycles. The summed E-state index contributed by atoms with van der Waals surface area (Å²) >= 11 is 0. The van der Waals surface area contributed by atoms with Gasteiger partial charge in [0.2, 0.25) is 0 Å². The fourth-order valence-electron chi connectivity index (χ4n) is 2.42. The van der Waals surface area contributed by atoms with E-state index in [1.165, 1.54) is 10.9 Å². The summed E-state index contributed by atoms with van der Waals surface area (Å²) in [6, 6.07) is 8.32. The Bertz CT molecular complexity index is 562. The lowest BCUT2D eigenvalue weighted by Crippen LogP contribution is -2.28. The molecule has 0 saturated heterocycles. The maximum Gasteiger partial charge on any atom is 0.134 e. The van der Waals surface area contributed by atoms with E-state index in [2.05, 4.69) is 55.3 Å². The summed E-state index contributed by atoms with van der Waals surface area (Å²) < 4.78 is 6.03. The number of furan rings is 1. The first kappa shape index (κ1) is 16.0. The maximum absolute atomic E-state index is 6.03. The van der Waals surface area contributed by atoms with E-state index >= 15 is 0 Å². The molecule has 2 aromatic rings. The van der Waals surface area contributed by atoms with Gasteiger partial charge in [-0.3, -0.25) is 0 Å². The van der Waals surface area contributed by atoms with E-state index in [1.54, 1.807) is 0 Å². The van der Waals surface area contributed by atoms with Crippen LogP contribution in [0.1, 0.15) is 18.2 Å². The molecule has 4 heteroatoms. The van der Waals surface area contributed by atoms with Gasteiger partial charge in [0.25, 0.3) is 0 Å². The molecular formula is C17H27N3O. The summed E-state index contributed by atoms with van der Waals surface area (Å²) in [5, 5.41) is 4.61. The van der Waals surface area contributed by atoms with Crippen molar-refractivity contribution in [2.75, 3.05) is 40.8 Å². The van der Waals surface area contributed by atoms with Gasteiger partial charge in [0, 0.05) is 30.6 Å². The van der Waals surface area contributed by atoms with Gasteiger partial charge in [0.05, 0.1) is 6.54 Å². The topological polar surface area (TPSA) is 31.7 Å². The van der Waals surface area contributed by atoms with Crippen LogP contribution >= 0.6 is 0 Å². The molecule has 0 bridgehead atoms. The van der Waals surface area contributed by atoms with Gasteiger partial charge in [-0.25, -0.2) is 0 Å². The molecule has 1 heterocycles. The Morgan fingerprint density at radius 3 is 2.57 bits per heavy atom. The van der Waals surface area contributed by atoms with E-state index in [-0.39, 0.29) is 0 Å². The lowest BCUT2D eigenvalue weighted by atomic mass is 10.1. The van der Waals surface area contributed by atoms with Crippen molar-refractivity contribution < 1.29 is 4.42 Å². The SMILES string of the molecule is CCNCc1oc2ccccc2c1CN(C)CCN(C)C. The maximum atomic E-state index is 6.03. The minimum atomic E-state index is 0.794. The summed E-state index contributed by atoms with van der Waals surface area (Å²) in [6.45, 7) is 6.90. The zero-order valence-electron chi connectivity index (χ0n) is 13.6. The normalized spacial score (nSPS) is 11.9. The van der Waals surface area contributed by atoms with Crippen molar-refractivity contribution in [3.8, 4) is 0 Å². The molecule has 0 atom stereocenters. The number of likely N-dealkylation sites (N-methyl/N-ethyl adjacent to an activating group) is 2. The average Bonchev–Trinajstić information content (AvgIpc) is 2.81. The second-order valence-corrected chi connectivity index (χ2v) is 5.82. The number of para-hydroxylation sites is 1. The summed E-state index contributed by atoms with van der Waals surface area (Å²) in [5.41, 5.74) is 2.30. The predicted octanol–water partition coefficient (Wildman–Crippen LogP) is 2.54. The molecule has 2 rings (SSSR count). The predicted molar refractivity (Wildman–Crippen MR) is 88.5 cm³/mol. The van der Waals surface area contributed by atoms with Crippen LogP contribution in [0.25, 0.3) is 11.0 Å². The Kier molecular flexibility index (Phi) is 5.79. The first-order chi connectivity index (χ1) is 10.1. The molecule has 0 unspecified atom stereocenters. The highest BCUT2D eigenvalue weighted by Crippen LogP contribution is 2.26. The van der Waals surface area contributed by atoms with E-state index in [9.17, 15) is 0 Å². The molecule has 0 aliphatic heterocycles. The van der Waals surface area contributed by atoms with Gasteiger partial charge >= 0.3 is 0 Å². The third-order valence-corrected chi connectivity index (χ3v) is 3.67. The second kappa shape index (κ2) is 7.59. The number of nitrogens with zero attached hydrogens (tertiary/aromatic N) is 2. The van der Waals surface area contributed by atoms with E-state index in [0.717, 1.165) is 44.1 Å². The van der Waals surface area contributed by atoms with Crippen molar-refractivity contribution in [1.82, 2.24) is 15.1 Å². The van der Waals surface area contributed by atoms with Crippen molar-refractivity contribution in [3.63, 3.8) is 0 Å². The zero-order valence-corrected chi connectivity index (χ0v) is 13.6. The highest BCUT2D eigenvalue weighted by Gasteiger charge is 2.15. The Morgan fingerprint density at radius 1 is 1.10 bits per heavy atom. The fourth-order valence-corrected chi connectivity index (χ4v) is 2.42. The van der Waals surface area contributed by atoms with Crippen LogP contribution in [0.15, 0.2) is 28.7 Å². The number of hydrogen-bond donors (Lipinski definition) is 1. The summed E-state index contributed by atoms with van der Waals surface area (Å²) in [7, 11) is 6.39. The van der Waals surface area contributed by atoms with Crippen LogP contribution in [0.2, 0.25) is 0 Å². The van der Waals surface area contributed by atoms with Gasteiger partial charge < -0.3 is 19.5 Å². The molecule has 0 spiro atoms. The average molecular weight is 289 g/mol. The standard InChI is InChI=1S/C17H27N3O/c1-5-18-12-17-15(13-20(4)11-10-19(2)3)14-8-6-7-9-16(14)21-17/h6-9,18H,5,10-13H2,1-4H3. The third kappa shape index (κ3) is 4.30. The highest BCUT2D eigenvalue weighted by molar-refractivity contribution is 5.82. The van der Waals surface area contributed by atoms with Gasteiger partial charge in [-0.15, -0.1) is 0 Å². The highest BCUT2D eigenvalue weighted by atomic mass is 16.3. The summed E-state index contributed by atoms with van der Waals surface area (Å²) in [4.78, 5) is 4.57. The molecule has 0 amide bonds. The van der Waals surface area contributed by atoms with E-state index in [1.807, 2.05) is 12.1 Å². The molecule has 21 heavy (non-hydrogen) atoms. The Hall–Kier alpha value is -1.36. The number of rotatable bonds is 8. The number of benzene rings is 1. The molecular weight excluding hydrogens is 262 g/mol. The summed E-state index contributed by atoms with van der Waals surface area (Å²) in [6.07, 6.45) is 0. The summed E-state index contributed by atoms with van der Waals surface area (Å²) in [5.74, 6) is 1.06. The molecule has 4 nitrogen and oxygen atoms in total. The van der Waals surface area contributed by atoms with Crippen LogP contribution in [-0.4, -0.2) is 50.6 Å². The number of hydrogen-bond acceptors (Lipinski definition) is 4. The minimum absolute atomic E-state index is 0.794. The van der Waals surface area contributed by atoms with Gasteiger partial charge in [-0.1, -0.05) is 25.1 Å². The fraction of sp³-hybridized carbons (Fsp3) is 0.529. The van der Waals surface area contributed by atoms with E-state index in [0.29, 0.717) is 0 Å². The van der Waals surface area contributed by atoms with Crippen LogP contribution in [-0.2, 0) is 13.1 Å². The van der Waals surface area contributed by atoms with Gasteiger partial charge in [-0.05, 0) is 33.8 Å². The Labute approximate surface area is 127 Å². The molecule has 0 radical (unpaired) electrons. The van der Waals surface area contributed by atoms with Crippen molar-refractivity contribution >= 4 is 11.0 Å². The van der Waals surface area contributed by atoms with Crippen molar-refractivity contribution in [3.05, 3.63) is 35.6 Å².